The lowest BCUT2D eigenvalue weighted by molar-refractivity contribution is 0.0354. The van der Waals surface area contributed by atoms with Crippen molar-refractivity contribution in [3.63, 3.8) is 0 Å². The number of urea groups is 1. The second-order valence-electron chi connectivity index (χ2n) is 4.58. The normalized spacial score (nSPS) is 11.1. The molecule has 0 unspecified atom stereocenters. The van der Waals surface area contributed by atoms with Crippen LogP contribution in [0.3, 0.4) is 0 Å². The summed E-state index contributed by atoms with van der Waals surface area (Å²) in [6, 6.07) is 3.35. The Balaban J connectivity index is 2.63. The van der Waals surface area contributed by atoms with E-state index < -0.39 is 17.4 Å². The number of amides is 2. The first-order valence-corrected chi connectivity index (χ1v) is 6.55. The number of nitrogens with one attached hydrogen (secondary N) is 2. The first-order valence-electron chi connectivity index (χ1n) is 6.55. The minimum atomic E-state index is -0.912. The summed E-state index contributed by atoms with van der Waals surface area (Å²) in [4.78, 5) is 11.8. The molecule has 0 fully saturated rings. The van der Waals surface area contributed by atoms with Crippen LogP contribution < -0.4 is 15.4 Å². The van der Waals surface area contributed by atoms with Crippen molar-refractivity contribution in [3.05, 3.63) is 24.0 Å². The predicted octanol–water partition coefficient (Wildman–Crippen LogP) is 2.51. The van der Waals surface area contributed by atoms with E-state index in [-0.39, 0.29) is 12.3 Å². The first-order chi connectivity index (χ1) is 9.44. The number of aliphatic hydroxyl groups is 1. The number of anilines is 1. The standard InChI is InChI=1S/C14H21FN2O3/c1-4-14(19,5-2)9-16-13(18)17-11-7-6-10(15)8-12(11)20-3/h6-8,19H,4-5,9H2,1-3H3,(H2,16,17,18). The summed E-state index contributed by atoms with van der Waals surface area (Å²) in [5.74, 6) is -0.208. The summed E-state index contributed by atoms with van der Waals surface area (Å²) in [5, 5.41) is 15.2. The Hall–Kier alpha value is -1.82. The largest absolute Gasteiger partial charge is 0.494 e. The molecule has 20 heavy (non-hydrogen) atoms. The summed E-state index contributed by atoms with van der Waals surface area (Å²) < 4.78 is 18.0. The maximum absolute atomic E-state index is 13.0. The minimum Gasteiger partial charge on any atom is -0.494 e. The molecular weight excluding hydrogens is 263 g/mol. The third-order valence-corrected chi connectivity index (χ3v) is 3.31. The molecule has 0 aliphatic rings. The van der Waals surface area contributed by atoms with Gasteiger partial charge in [-0.15, -0.1) is 0 Å². The van der Waals surface area contributed by atoms with E-state index in [0.29, 0.717) is 18.5 Å². The number of hydrogen-bond acceptors (Lipinski definition) is 3. The molecule has 0 bridgehead atoms. The lowest BCUT2D eigenvalue weighted by Crippen LogP contribution is -2.43. The van der Waals surface area contributed by atoms with Crippen LogP contribution in [-0.4, -0.2) is 30.4 Å². The molecule has 1 rings (SSSR count). The molecule has 0 aromatic heterocycles. The van der Waals surface area contributed by atoms with Gasteiger partial charge in [-0.1, -0.05) is 13.8 Å². The van der Waals surface area contributed by atoms with Crippen molar-refractivity contribution < 1.29 is 19.0 Å². The summed E-state index contributed by atoms with van der Waals surface area (Å²) in [6.07, 6.45) is 1.09. The van der Waals surface area contributed by atoms with Gasteiger partial charge in [-0.2, -0.15) is 0 Å². The Morgan fingerprint density at radius 1 is 1.40 bits per heavy atom. The van der Waals surface area contributed by atoms with Crippen LogP contribution in [0.25, 0.3) is 0 Å². The Bertz CT molecular complexity index is 462. The van der Waals surface area contributed by atoms with Gasteiger partial charge >= 0.3 is 6.03 Å². The average molecular weight is 284 g/mol. The fourth-order valence-electron chi connectivity index (χ4n) is 1.68. The van der Waals surface area contributed by atoms with Crippen LogP contribution in [-0.2, 0) is 0 Å². The van der Waals surface area contributed by atoms with Crippen LogP contribution in [0.2, 0.25) is 0 Å². The zero-order valence-electron chi connectivity index (χ0n) is 12.0. The fourth-order valence-corrected chi connectivity index (χ4v) is 1.68. The summed E-state index contributed by atoms with van der Waals surface area (Å²) in [5.41, 5.74) is -0.549. The van der Waals surface area contributed by atoms with E-state index in [0.717, 1.165) is 0 Å². The van der Waals surface area contributed by atoms with Crippen molar-refractivity contribution in [2.75, 3.05) is 19.0 Å². The molecule has 1 aromatic rings. The third kappa shape index (κ3) is 4.38. The number of carbonyl (C=O) groups excluding carboxylic acids is 1. The van der Waals surface area contributed by atoms with Gasteiger partial charge in [-0.25, -0.2) is 9.18 Å². The second kappa shape index (κ2) is 7.09. The molecule has 0 saturated carbocycles. The van der Waals surface area contributed by atoms with Crippen LogP contribution in [0.5, 0.6) is 5.75 Å². The van der Waals surface area contributed by atoms with Gasteiger partial charge in [0.05, 0.1) is 18.4 Å². The zero-order chi connectivity index (χ0) is 15.2. The Kier molecular flexibility index (Phi) is 5.76. The predicted molar refractivity (Wildman–Crippen MR) is 75.5 cm³/mol. The van der Waals surface area contributed by atoms with Crippen molar-refractivity contribution >= 4 is 11.7 Å². The number of benzene rings is 1. The van der Waals surface area contributed by atoms with Gasteiger partial charge < -0.3 is 20.5 Å². The monoisotopic (exact) mass is 284 g/mol. The van der Waals surface area contributed by atoms with E-state index >= 15 is 0 Å². The van der Waals surface area contributed by atoms with Gasteiger partial charge in [-0.05, 0) is 25.0 Å². The Morgan fingerprint density at radius 2 is 2.05 bits per heavy atom. The molecule has 0 aliphatic heterocycles. The number of rotatable bonds is 6. The minimum absolute atomic E-state index is 0.148. The Morgan fingerprint density at radius 3 is 2.60 bits per heavy atom. The van der Waals surface area contributed by atoms with E-state index in [4.69, 9.17) is 4.74 Å². The van der Waals surface area contributed by atoms with Gasteiger partial charge in [0.25, 0.3) is 0 Å². The van der Waals surface area contributed by atoms with Crippen LogP contribution in [0.15, 0.2) is 18.2 Å². The molecule has 1 aromatic carbocycles. The maximum Gasteiger partial charge on any atom is 0.319 e. The number of methoxy groups -OCH3 is 1. The van der Waals surface area contributed by atoms with Gasteiger partial charge in [0.2, 0.25) is 0 Å². The van der Waals surface area contributed by atoms with E-state index in [9.17, 15) is 14.3 Å². The van der Waals surface area contributed by atoms with Crippen molar-refractivity contribution in [3.8, 4) is 5.75 Å². The van der Waals surface area contributed by atoms with Gasteiger partial charge in [0, 0.05) is 12.6 Å². The lowest BCUT2D eigenvalue weighted by Gasteiger charge is -2.25. The SMILES string of the molecule is CCC(O)(CC)CNC(=O)Nc1ccc(F)cc1OC. The van der Waals surface area contributed by atoms with E-state index in [1.165, 1.54) is 25.3 Å². The molecule has 5 nitrogen and oxygen atoms in total. The van der Waals surface area contributed by atoms with Gasteiger partial charge in [-0.3, -0.25) is 0 Å². The van der Waals surface area contributed by atoms with Crippen LogP contribution in [0.1, 0.15) is 26.7 Å². The molecule has 0 radical (unpaired) electrons. The summed E-state index contributed by atoms with van der Waals surface area (Å²) in [6.45, 7) is 3.85. The quantitative estimate of drug-likeness (QED) is 0.751. The highest BCUT2D eigenvalue weighted by Gasteiger charge is 2.22. The average Bonchev–Trinajstić information content (AvgIpc) is 2.46. The number of halogens is 1. The summed E-state index contributed by atoms with van der Waals surface area (Å²) in [7, 11) is 1.39. The highest BCUT2D eigenvalue weighted by atomic mass is 19.1. The number of ether oxygens (including phenoxy) is 1. The number of carbonyl (C=O) groups is 1. The second-order valence-corrected chi connectivity index (χ2v) is 4.58. The van der Waals surface area contributed by atoms with Crippen molar-refractivity contribution in [2.24, 2.45) is 0 Å². The fraction of sp³-hybridized carbons (Fsp3) is 0.500. The molecule has 6 heteroatoms. The first kappa shape index (κ1) is 16.2. The van der Waals surface area contributed by atoms with Crippen molar-refractivity contribution in [1.29, 1.82) is 0 Å². The van der Waals surface area contributed by atoms with Crippen LogP contribution in [0, 0.1) is 5.82 Å². The smallest absolute Gasteiger partial charge is 0.319 e. The molecule has 112 valence electrons. The number of hydrogen-bond donors (Lipinski definition) is 3. The third-order valence-electron chi connectivity index (χ3n) is 3.31. The summed E-state index contributed by atoms with van der Waals surface area (Å²) >= 11 is 0. The van der Waals surface area contributed by atoms with Crippen LogP contribution >= 0.6 is 0 Å². The zero-order valence-corrected chi connectivity index (χ0v) is 12.0. The van der Waals surface area contributed by atoms with Crippen molar-refractivity contribution in [2.45, 2.75) is 32.3 Å². The molecule has 3 N–H and O–H groups in total. The maximum atomic E-state index is 13.0. The van der Waals surface area contributed by atoms with E-state index in [2.05, 4.69) is 10.6 Å². The lowest BCUT2D eigenvalue weighted by atomic mass is 9.98. The molecule has 0 aliphatic carbocycles. The van der Waals surface area contributed by atoms with E-state index in [1.54, 1.807) is 0 Å². The molecule has 0 saturated heterocycles. The molecule has 2 amide bonds. The highest BCUT2D eigenvalue weighted by molar-refractivity contribution is 5.90. The van der Waals surface area contributed by atoms with Crippen molar-refractivity contribution in [1.82, 2.24) is 5.32 Å². The van der Waals surface area contributed by atoms with E-state index in [1.807, 2.05) is 13.8 Å². The highest BCUT2D eigenvalue weighted by Crippen LogP contribution is 2.24. The van der Waals surface area contributed by atoms with Gasteiger partial charge in [0.1, 0.15) is 11.6 Å². The Labute approximate surface area is 118 Å². The molecule has 0 heterocycles. The van der Waals surface area contributed by atoms with Gasteiger partial charge in [0.15, 0.2) is 0 Å². The molecular formula is C14H21FN2O3. The topological polar surface area (TPSA) is 70.6 Å². The molecule has 0 spiro atoms. The molecule has 0 atom stereocenters. The van der Waals surface area contributed by atoms with Crippen LogP contribution in [0.4, 0.5) is 14.9 Å².